The zero-order chi connectivity index (χ0) is 18.0. The van der Waals surface area contributed by atoms with Crippen LogP contribution in [0.3, 0.4) is 0 Å². The molecule has 0 unspecified atom stereocenters. The Balaban J connectivity index is 1.23. The Morgan fingerprint density at radius 3 is 2.12 bits per heavy atom. The van der Waals surface area contributed by atoms with Gasteiger partial charge in [0.05, 0.1) is 5.41 Å². The van der Waals surface area contributed by atoms with Gasteiger partial charge in [-0.3, -0.25) is 4.79 Å². The largest absolute Gasteiger partial charge is 0.353 e. The van der Waals surface area contributed by atoms with E-state index < -0.39 is 0 Å². The molecule has 1 saturated carbocycles. The molecular formula is C19H33N5O2. The molecule has 26 heavy (non-hydrogen) atoms. The van der Waals surface area contributed by atoms with Crippen LogP contribution < -0.4 is 21.3 Å². The molecule has 3 saturated heterocycles. The summed E-state index contributed by atoms with van der Waals surface area (Å²) in [5.74, 6) is 0.603. The third-order valence-electron chi connectivity index (χ3n) is 6.95. The summed E-state index contributed by atoms with van der Waals surface area (Å²) in [6.07, 6.45) is 7.69. The third kappa shape index (κ3) is 3.56. The zero-order valence-electron chi connectivity index (χ0n) is 15.7. The minimum Gasteiger partial charge on any atom is -0.353 e. The van der Waals surface area contributed by atoms with Gasteiger partial charge in [-0.2, -0.15) is 0 Å². The number of piperidine rings is 1. The average molecular weight is 364 g/mol. The van der Waals surface area contributed by atoms with Crippen molar-refractivity contribution in [1.29, 1.82) is 0 Å². The molecule has 0 aromatic carbocycles. The number of amides is 3. The normalized spacial score (nSPS) is 33.1. The maximum Gasteiger partial charge on any atom is 0.317 e. The fraction of sp³-hybridized carbons (Fsp3) is 0.895. The highest BCUT2D eigenvalue weighted by Crippen LogP contribution is 2.35. The second-order valence-corrected chi connectivity index (χ2v) is 8.63. The third-order valence-corrected chi connectivity index (χ3v) is 6.95. The smallest absolute Gasteiger partial charge is 0.317 e. The number of nitrogens with one attached hydrogen (secondary N) is 4. The van der Waals surface area contributed by atoms with Crippen molar-refractivity contribution in [1.82, 2.24) is 26.2 Å². The number of urea groups is 1. The van der Waals surface area contributed by atoms with E-state index >= 15 is 0 Å². The number of carbonyl (C=O) groups excluding carboxylic acids is 2. The Labute approximate surface area is 156 Å². The van der Waals surface area contributed by atoms with Crippen molar-refractivity contribution in [2.45, 2.75) is 57.0 Å². The lowest BCUT2D eigenvalue weighted by Gasteiger charge is -2.36. The van der Waals surface area contributed by atoms with Crippen molar-refractivity contribution in [3.8, 4) is 0 Å². The van der Waals surface area contributed by atoms with Gasteiger partial charge >= 0.3 is 6.03 Å². The van der Waals surface area contributed by atoms with E-state index in [1.807, 2.05) is 4.90 Å². The lowest BCUT2D eigenvalue weighted by atomic mass is 9.79. The second-order valence-electron chi connectivity index (χ2n) is 8.63. The molecule has 3 heterocycles. The SMILES string of the molecule is O=C(NC1CCCCC1)N1CCC(NC(=O)C23CNCC2CNC3)CC1. The van der Waals surface area contributed by atoms with Gasteiger partial charge in [-0.05, 0) is 25.7 Å². The molecule has 0 spiro atoms. The molecule has 1 aliphatic carbocycles. The summed E-state index contributed by atoms with van der Waals surface area (Å²) in [7, 11) is 0. The van der Waals surface area contributed by atoms with Crippen molar-refractivity contribution in [2.75, 3.05) is 39.3 Å². The number of rotatable bonds is 3. The Hall–Kier alpha value is -1.34. The maximum absolute atomic E-state index is 12.9. The van der Waals surface area contributed by atoms with Crippen LogP contribution in [-0.2, 0) is 4.79 Å². The molecule has 146 valence electrons. The van der Waals surface area contributed by atoms with E-state index in [0.29, 0.717) is 12.0 Å². The Morgan fingerprint density at radius 1 is 0.846 bits per heavy atom. The molecule has 7 heteroatoms. The molecule has 4 rings (SSSR count). The van der Waals surface area contributed by atoms with Gasteiger partial charge in [-0.1, -0.05) is 19.3 Å². The monoisotopic (exact) mass is 363 g/mol. The fourth-order valence-corrected chi connectivity index (χ4v) is 5.17. The van der Waals surface area contributed by atoms with Crippen LogP contribution in [0.15, 0.2) is 0 Å². The van der Waals surface area contributed by atoms with Crippen LogP contribution in [0.1, 0.15) is 44.9 Å². The van der Waals surface area contributed by atoms with Gasteiger partial charge in [0, 0.05) is 57.3 Å². The summed E-state index contributed by atoms with van der Waals surface area (Å²) < 4.78 is 0. The van der Waals surface area contributed by atoms with Gasteiger partial charge in [0.25, 0.3) is 0 Å². The lowest BCUT2D eigenvalue weighted by molar-refractivity contribution is -0.131. The van der Waals surface area contributed by atoms with Crippen LogP contribution in [0.25, 0.3) is 0 Å². The summed E-state index contributed by atoms with van der Waals surface area (Å²) in [5.41, 5.74) is -0.268. The molecule has 0 aromatic heterocycles. The summed E-state index contributed by atoms with van der Waals surface area (Å²) in [6.45, 7) is 4.88. The number of fused-ring (bicyclic) bond motifs is 1. The van der Waals surface area contributed by atoms with E-state index in [4.69, 9.17) is 0 Å². The first-order chi connectivity index (χ1) is 12.7. The highest BCUT2D eigenvalue weighted by atomic mass is 16.2. The lowest BCUT2D eigenvalue weighted by Crippen LogP contribution is -2.55. The van der Waals surface area contributed by atoms with Crippen molar-refractivity contribution < 1.29 is 9.59 Å². The summed E-state index contributed by atoms with van der Waals surface area (Å²) in [6, 6.07) is 0.632. The highest BCUT2D eigenvalue weighted by molar-refractivity contribution is 5.85. The van der Waals surface area contributed by atoms with E-state index in [9.17, 15) is 9.59 Å². The van der Waals surface area contributed by atoms with E-state index in [-0.39, 0.29) is 23.4 Å². The van der Waals surface area contributed by atoms with Crippen molar-refractivity contribution >= 4 is 11.9 Å². The van der Waals surface area contributed by atoms with Crippen LogP contribution in [0, 0.1) is 11.3 Å². The van der Waals surface area contributed by atoms with Crippen LogP contribution in [0.5, 0.6) is 0 Å². The number of hydrogen-bond donors (Lipinski definition) is 4. The summed E-state index contributed by atoms with van der Waals surface area (Å²) >= 11 is 0. The Bertz CT molecular complexity index is 516. The first-order valence-corrected chi connectivity index (χ1v) is 10.5. The zero-order valence-corrected chi connectivity index (χ0v) is 15.7. The van der Waals surface area contributed by atoms with Gasteiger partial charge < -0.3 is 26.2 Å². The van der Waals surface area contributed by atoms with Crippen LogP contribution in [-0.4, -0.2) is 68.2 Å². The number of nitrogens with zero attached hydrogens (tertiary/aromatic N) is 1. The first kappa shape index (κ1) is 18.0. The molecule has 3 amide bonds. The summed E-state index contributed by atoms with van der Waals surface area (Å²) in [4.78, 5) is 27.3. The number of carbonyl (C=O) groups is 2. The second kappa shape index (κ2) is 7.72. The standard InChI is InChI=1S/C19H33N5O2/c25-17(19-12-20-10-14(19)11-21-13-19)22-16-6-8-24(9-7-16)18(26)23-15-4-2-1-3-5-15/h14-16,20-21H,1-13H2,(H,22,25)(H,23,26). The molecule has 0 atom stereocenters. The maximum atomic E-state index is 12.9. The molecule has 3 aliphatic heterocycles. The number of likely N-dealkylation sites (tertiary alicyclic amines) is 1. The molecule has 4 N–H and O–H groups in total. The van der Waals surface area contributed by atoms with E-state index in [1.165, 1.54) is 19.3 Å². The predicted octanol–water partition coefficient (Wildman–Crippen LogP) is 0.418. The minimum absolute atomic E-state index is 0.0836. The van der Waals surface area contributed by atoms with Crippen molar-refractivity contribution in [3.63, 3.8) is 0 Å². The van der Waals surface area contributed by atoms with Gasteiger partial charge in [-0.25, -0.2) is 4.79 Å². The molecule has 0 radical (unpaired) electrons. The van der Waals surface area contributed by atoms with E-state index in [1.54, 1.807) is 0 Å². The molecule has 0 aromatic rings. The summed E-state index contributed by atoms with van der Waals surface area (Å²) in [5, 5.41) is 13.3. The van der Waals surface area contributed by atoms with Crippen molar-refractivity contribution in [2.24, 2.45) is 11.3 Å². The highest BCUT2D eigenvalue weighted by Gasteiger charge is 2.52. The minimum atomic E-state index is -0.268. The quantitative estimate of drug-likeness (QED) is 0.585. The molecule has 0 bridgehead atoms. The predicted molar refractivity (Wildman–Crippen MR) is 99.8 cm³/mol. The topological polar surface area (TPSA) is 85.5 Å². The van der Waals surface area contributed by atoms with Gasteiger partial charge in [-0.15, -0.1) is 0 Å². The Morgan fingerprint density at radius 2 is 1.46 bits per heavy atom. The first-order valence-electron chi connectivity index (χ1n) is 10.5. The molecular weight excluding hydrogens is 330 g/mol. The van der Waals surface area contributed by atoms with E-state index in [2.05, 4.69) is 21.3 Å². The van der Waals surface area contributed by atoms with E-state index in [0.717, 1.165) is 65.0 Å². The molecule has 4 fully saturated rings. The number of hydrogen-bond acceptors (Lipinski definition) is 4. The van der Waals surface area contributed by atoms with Crippen molar-refractivity contribution in [3.05, 3.63) is 0 Å². The van der Waals surface area contributed by atoms with Crippen LogP contribution >= 0.6 is 0 Å². The fourth-order valence-electron chi connectivity index (χ4n) is 5.17. The molecule has 7 nitrogen and oxygen atoms in total. The van der Waals surface area contributed by atoms with Gasteiger partial charge in [0.2, 0.25) is 5.91 Å². The average Bonchev–Trinajstić information content (AvgIpc) is 3.24. The Kier molecular flexibility index (Phi) is 5.36. The van der Waals surface area contributed by atoms with Gasteiger partial charge in [0.1, 0.15) is 0 Å². The van der Waals surface area contributed by atoms with Gasteiger partial charge in [0.15, 0.2) is 0 Å². The van der Waals surface area contributed by atoms with Crippen LogP contribution in [0.2, 0.25) is 0 Å². The van der Waals surface area contributed by atoms with Crippen LogP contribution in [0.4, 0.5) is 4.79 Å². The molecule has 4 aliphatic rings.